The molecule has 10 heteroatoms. The first-order chi connectivity index (χ1) is 15.4. The molecule has 2 heterocycles. The third-order valence-electron chi connectivity index (χ3n) is 5.23. The second-order valence-corrected chi connectivity index (χ2v) is 9.97. The number of anilines is 2. The van der Waals surface area contributed by atoms with Crippen LogP contribution in [0.2, 0.25) is 0 Å². The van der Waals surface area contributed by atoms with E-state index in [9.17, 15) is 13.4 Å². The van der Waals surface area contributed by atoms with E-state index >= 15 is 0 Å². The van der Waals surface area contributed by atoms with E-state index in [4.69, 9.17) is 9.47 Å². The van der Waals surface area contributed by atoms with Crippen molar-refractivity contribution in [2.24, 2.45) is 0 Å². The molecule has 1 amide bonds. The molecule has 1 aliphatic carbocycles. The van der Waals surface area contributed by atoms with Gasteiger partial charge in [0.05, 0.1) is 22.6 Å². The third kappa shape index (κ3) is 5.73. The third-order valence-corrected chi connectivity index (χ3v) is 7.02. The molecule has 2 fully saturated rings. The van der Waals surface area contributed by atoms with Crippen molar-refractivity contribution in [1.29, 1.82) is 0 Å². The summed E-state index contributed by atoms with van der Waals surface area (Å²) in [5.74, 6) is 0.277. The van der Waals surface area contributed by atoms with Crippen LogP contribution in [0.3, 0.4) is 0 Å². The first kappa shape index (κ1) is 22.4. The summed E-state index contributed by atoms with van der Waals surface area (Å²) in [6.45, 7) is 4.74. The Morgan fingerprint density at radius 1 is 1.19 bits per heavy atom. The van der Waals surface area contributed by atoms with E-state index in [0.717, 1.165) is 12.8 Å². The topological polar surface area (TPSA) is 93.7 Å². The molecule has 0 radical (unpaired) electrons. The maximum Gasteiger partial charge on any atom is 0.410 e. The molecule has 2 aliphatic rings. The average molecular weight is 463 g/mol. The van der Waals surface area contributed by atoms with Crippen LogP contribution < -0.4 is 10.1 Å². The van der Waals surface area contributed by atoms with Gasteiger partial charge in [0.1, 0.15) is 24.1 Å². The minimum Gasteiger partial charge on any atom is -0.474 e. The number of carbonyl (C=O) groups excluding carboxylic acids is 1. The van der Waals surface area contributed by atoms with E-state index in [1.807, 2.05) is 13.8 Å². The van der Waals surface area contributed by atoms with Crippen molar-refractivity contribution in [3.8, 4) is 5.88 Å². The van der Waals surface area contributed by atoms with Gasteiger partial charge in [0.2, 0.25) is 5.88 Å². The number of nitrogens with zero attached hydrogens (tertiary/aromatic N) is 3. The number of amides is 1. The molecule has 2 aromatic rings. The highest BCUT2D eigenvalue weighted by Gasteiger charge is 2.30. The Morgan fingerprint density at radius 2 is 1.94 bits per heavy atom. The highest BCUT2D eigenvalue weighted by molar-refractivity contribution is 7.86. The number of hydrogen-bond acceptors (Lipinski definition) is 7. The van der Waals surface area contributed by atoms with Gasteiger partial charge in [-0.1, -0.05) is 0 Å². The standard InChI is InChI=1S/C22H27FN4O4S/c1-14(2)30-22(28)27-9-7-15(8-10-27)31-21-12-20(24-13-25-21)26-19-6-5-17(11-18(19)23)32(29)16-3-4-16/h5-6,11-16H,3-4,7-10H2,1-2H3,(H,24,25,26). The van der Waals surface area contributed by atoms with E-state index in [0.29, 0.717) is 42.5 Å². The van der Waals surface area contributed by atoms with Gasteiger partial charge < -0.3 is 19.7 Å². The van der Waals surface area contributed by atoms with Gasteiger partial charge in [-0.2, -0.15) is 0 Å². The van der Waals surface area contributed by atoms with Gasteiger partial charge in [-0.3, -0.25) is 4.21 Å². The van der Waals surface area contributed by atoms with Crippen LogP contribution in [0.1, 0.15) is 39.5 Å². The number of hydrogen-bond donors (Lipinski definition) is 1. The van der Waals surface area contributed by atoms with Crippen molar-refractivity contribution in [3.05, 3.63) is 36.4 Å². The Hall–Kier alpha value is -2.75. The van der Waals surface area contributed by atoms with E-state index in [-0.39, 0.29) is 29.2 Å². The van der Waals surface area contributed by atoms with E-state index in [2.05, 4.69) is 15.3 Å². The van der Waals surface area contributed by atoms with E-state index in [1.165, 1.54) is 12.4 Å². The summed E-state index contributed by atoms with van der Waals surface area (Å²) in [5.41, 5.74) is 0.239. The minimum absolute atomic E-state index is 0.0886. The summed E-state index contributed by atoms with van der Waals surface area (Å²) < 4.78 is 37.9. The SMILES string of the molecule is CC(C)OC(=O)N1CCC(Oc2cc(Nc3ccc(S(=O)C4CC4)cc3F)ncn2)CC1. The Kier molecular flexibility index (Phi) is 6.88. The monoisotopic (exact) mass is 462 g/mol. The number of benzene rings is 1. The maximum absolute atomic E-state index is 14.5. The summed E-state index contributed by atoms with van der Waals surface area (Å²) >= 11 is 0. The lowest BCUT2D eigenvalue weighted by Crippen LogP contribution is -2.42. The van der Waals surface area contributed by atoms with Crippen LogP contribution in [-0.2, 0) is 15.5 Å². The summed E-state index contributed by atoms with van der Waals surface area (Å²) in [5, 5.41) is 3.08. The lowest BCUT2D eigenvalue weighted by Gasteiger charge is -2.31. The zero-order valence-electron chi connectivity index (χ0n) is 18.1. The number of nitrogens with one attached hydrogen (secondary N) is 1. The second-order valence-electron chi connectivity index (χ2n) is 8.24. The molecule has 0 spiro atoms. The van der Waals surface area contributed by atoms with Crippen LogP contribution in [-0.4, -0.2) is 55.7 Å². The lowest BCUT2D eigenvalue weighted by atomic mass is 10.1. The average Bonchev–Trinajstić information content (AvgIpc) is 3.60. The van der Waals surface area contributed by atoms with Gasteiger partial charge in [-0.25, -0.2) is 19.2 Å². The molecule has 1 atom stereocenters. The normalized spacial score (nSPS) is 17.8. The highest BCUT2D eigenvalue weighted by Crippen LogP contribution is 2.32. The van der Waals surface area contributed by atoms with Gasteiger partial charge in [0, 0.05) is 42.1 Å². The van der Waals surface area contributed by atoms with Crippen molar-refractivity contribution in [2.75, 3.05) is 18.4 Å². The molecular formula is C22H27FN4O4S. The molecule has 172 valence electrons. The van der Waals surface area contributed by atoms with Crippen molar-refractivity contribution >= 4 is 28.4 Å². The molecule has 0 bridgehead atoms. The predicted octanol–water partition coefficient (Wildman–Crippen LogP) is 4.02. The molecule has 4 rings (SSSR count). The van der Waals surface area contributed by atoms with Crippen molar-refractivity contribution in [2.45, 2.75) is 61.9 Å². The second kappa shape index (κ2) is 9.81. The zero-order valence-corrected chi connectivity index (χ0v) is 18.9. The number of ether oxygens (including phenoxy) is 2. The number of halogens is 1. The largest absolute Gasteiger partial charge is 0.474 e. The Balaban J connectivity index is 1.33. The van der Waals surface area contributed by atoms with Crippen LogP contribution in [0.15, 0.2) is 35.5 Å². The molecule has 1 saturated carbocycles. The van der Waals surface area contributed by atoms with E-state index in [1.54, 1.807) is 23.1 Å². The predicted molar refractivity (Wildman–Crippen MR) is 118 cm³/mol. The van der Waals surface area contributed by atoms with Crippen molar-refractivity contribution in [3.63, 3.8) is 0 Å². The number of rotatable bonds is 7. The van der Waals surface area contributed by atoms with Gasteiger partial charge in [0.25, 0.3) is 0 Å². The van der Waals surface area contributed by atoms with Crippen molar-refractivity contribution < 1.29 is 22.9 Å². The summed E-state index contributed by atoms with van der Waals surface area (Å²) in [6, 6.07) is 6.17. The van der Waals surface area contributed by atoms with Gasteiger partial charge >= 0.3 is 6.09 Å². The Bertz CT molecular complexity index is 994. The lowest BCUT2D eigenvalue weighted by molar-refractivity contribution is 0.0507. The van der Waals surface area contributed by atoms with Gasteiger partial charge in [0.15, 0.2) is 0 Å². The van der Waals surface area contributed by atoms with Gasteiger partial charge in [-0.15, -0.1) is 0 Å². The molecule has 8 nitrogen and oxygen atoms in total. The molecule has 1 aromatic heterocycles. The number of piperidine rings is 1. The smallest absolute Gasteiger partial charge is 0.410 e. The van der Waals surface area contributed by atoms with E-state index < -0.39 is 16.6 Å². The van der Waals surface area contributed by atoms with Crippen LogP contribution in [0, 0.1) is 5.82 Å². The first-order valence-electron chi connectivity index (χ1n) is 10.8. The number of likely N-dealkylation sites (tertiary alicyclic amines) is 1. The van der Waals surface area contributed by atoms with Crippen molar-refractivity contribution in [1.82, 2.24) is 14.9 Å². The first-order valence-corrected chi connectivity index (χ1v) is 12.0. The summed E-state index contributed by atoms with van der Waals surface area (Å²) in [6.07, 6.45) is 3.99. The van der Waals surface area contributed by atoms with Crippen LogP contribution in [0.5, 0.6) is 5.88 Å². The maximum atomic E-state index is 14.5. The molecule has 1 saturated heterocycles. The number of aromatic nitrogens is 2. The van der Waals surface area contributed by atoms with Crippen LogP contribution in [0.25, 0.3) is 0 Å². The molecule has 1 N–H and O–H groups in total. The Morgan fingerprint density at radius 3 is 2.59 bits per heavy atom. The highest BCUT2D eigenvalue weighted by atomic mass is 32.2. The van der Waals surface area contributed by atoms with Crippen LogP contribution in [0.4, 0.5) is 20.7 Å². The molecule has 1 aromatic carbocycles. The summed E-state index contributed by atoms with van der Waals surface area (Å²) in [7, 11) is -1.15. The minimum atomic E-state index is -1.15. The molecule has 32 heavy (non-hydrogen) atoms. The molecule has 1 aliphatic heterocycles. The number of carbonyl (C=O) groups is 1. The summed E-state index contributed by atoms with van der Waals surface area (Å²) in [4.78, 5) is 22.5. The fourth-order valence-electron chi connectivity index (χ4n) is 3.41. The fraction of sp³-hybridized carbons (Fsp3) is 0.500. The molecular weight excluding hydrogens is 435 g/mol. The fourth-order valence-corrected chi connectivity index (χ4v) is 4.78. The van der Waals surface area contributed by atoms with Crippen LogP contribution >= 0.6 is 0 Å². The Labute approximate surface area is 189 Å². The quantitative estimate of drug-likeness (QED) is 0.664. The zero-order chi connectivity index (χ0) is 22.7. The van der Waals surface area contributed by atoms with Gasteiger partial charge in [-0.05, 0) is 44.9 Å². The molecule has 1 unspecified atom stereocenters.